The number of para-hydroxylation sites is 1. The van der Waals surface area contributed by atoms with Crippen LogP contribution in [0, 0.1) is 0 Å². The van der Waals surface area contributed by atoms with Gasteiger partial charge in [0.25, 0.3) is 0 Å². The summed E-state index contributed by atoms with van der Waals surface area (Å²) < 4.78 is 0. The Balaban J connectivity index is 1.12. The molecule has 2 aliphatic rings. The van der Waals surface area contributed by atoms with E-state index in [2.05, 4.69) is 270 Å². The summed E-state index contributed by atoms with van der Waals surface area (Å²) in [5.74, 6) is 0. The van der Waals surface area contributed by atoms with Gasteiger partial charge in [0.15, 0.2) is 0 Å². The summed E-state index contributed by atoms with van der Waals surface area (Å²) in [6.07, 6.45) is 0. The molecule has 1 heteroatoms. The Hall–Kier alpha value is -7.74. The lowest BCUT2D eigenvalue weighted by atomic mass is 9.67. The van der Waals surface area contributed by atoms with Gasteiger partial charge in [0.1, 0.15) is 0 Å². The van der Waals surface area contributed by atoms with E-state index in [0.717, 1.165) is 17.1 Å². The SMILES string of the molecule is CC(C)(C)c1ccc2c(c1)C(C)(C)c1cccc(-c3ccccc3N(c3cccc(-c4ccc5ccccc5c4)c3)c3ccc4c(c3)C(c3ccccc3)(c3ccccc3)c3ccccc3-4)c1-2. The first-order valence-electron chi connectivity index (χ1n) is 23.8. The first-order valence-corrected chi connectivity index (χ1v) is 23.8. The molecular formula is C66H53N. The van der Waals surface area contributed by atoms with Gasteiger partial charge >= 0.3 is 0 Å². The molecule has 0 atom stereocenters. The smallest absolute Gasteiger partial charge is 0.0714 e. The van der Waals surface area contributed by atoms with E-state index >= 15 is 0 Å². The monoisotopic (exact) mass is 859 g/mol. The van der Waals surface area contributed by atoms with Gasteiger partial charge in [0, 0.05) is 22.4 Å². The number of hydrogen-bond donors (Lipinski definition) is 0. The minimum atomic E-state index is -0.538. The van der Waals surface area contributed by atoms with E-state index in [0.29, 0.717) is 0 Å². The topological polar surface area (TPSA) is 3.24 Å². The molecule has 12 rings (SSSR count). The van der Waals surface area contributed by atoms with Crippen molar-refractivity contribution in [3.05, 3.63) is 269 Å². The Bertz CT molecular complexity index is 3490. The summed E-state index contributed by atoms with van der Waals surface area (Å²) in [5, 5.41) is 2.48. The summed E-state index contributed by atoms with van der Waals surface area (Å²) in [5.41, 5.74) is 21.9. The van der Waals surface area contributed by atoms with Gasteiger partial charge in [0.2, 0.25) is 0 Å². The summed E-state index contributed by atoms with van der Waals surface area (Å²) in [4.78, 5) is 2.52. The lowest BCUT2D eigenvalue weighted by Crippen LogP contribution is -2.28. The van der Waals surface area contributed by atoms with Crippen LogP contribution in [0.2, 0.25) is 0 Å². The van der Waals surface area contributed by atoms with Gasteiger partial charge in [-0.25, -0.2) is 0 Å². The largest absolute Gasteiger partial charge is 0.310 e. The van der Waals surface area contributed by atoms with Crippen LogP contribution in [-0.4, -0.2) is 0 Å². The molecule has 67 heavy (non-hydrogen) atoms. The Morgan fingerprint density at radius 1 is 0.358 bits per heavy atom. The maximum absolute atomic E-state index is 2.52. The minimum absolute atomic E-state index is 0.0486. The van der Waals surface area contributed by atoms with Crippen molar-refractivity contribution < 1.29 is 0 Å². The average molecular weight is 860 g/mol. The Morgan fingerprint density at radius 2 is 0.940 bits per heavy atom. The van der Waals surface area contributed by atoms with Crippen molar-refractivity contribution in [2.75, 3.05) is 4.90 Å². The highest BCUT2D eigenvalue weighted by atomic mass is 15.1. The zero-order valence-corrected chi connectivity index (χ0v) is 38.9. The predicted octanol–water partition coefficient (Wildman–Crippen LogP) is 17.6. The second-order valence-electron chi connectivity index (χ2n) is 20.1. The molecule has 0 N–H and O–H groups in total. The molecule has 0 saturated carbocycles. The van der Waals surface area contributed by atoms with Gasteiger partial charge in [-0.2, -0.15) is 0 Å². The summed E-state index contributed by atoms with van der Waals surface area (Å²) in [6.45, 7) is 11.8. The van der Waals surface area contributed by atoms with Gasteiger partial charge in [-0.15, -0.1) is 0 Å². The van der Waals surface area contributed by atoms with Gasteiger partial charge in [-0.1, -0.05) is 229 Å². The van der Waals surface area contributed by atoms with Crippen LogP contribution in [0.3, 0.4) is 0 Å². The molecule has 0 aliphatic heterocycles. The Morgan fingerprint density at radius 3 is 1.70 bits per heavy atom. The second kappa shape index (κ2) is 15.4. The fraction of sp³-hybridized carbons (Fsp3) is 0.121. The molecule has 10 aromatic rings. The molecule has 322 valence electrons. The Labute approximate surface area is 395 Å². The lowest BCUT2D eigenvalue weighted by Gasteiger charge is -2.35. The van der Waals surface area contributed by atoms with Gasteiger partial charge in [-0.05, 0) is 130 Å². The molecule has 0 heterocycles. The highest BCUT2D eigenvalue weighted by Gasteiger charge is 2.46. The van der Waals surface area contributed by atoms with Crippen molar-refractivity contribution in [2.24, 2.45) is 0 Å². The van der Waals surface area contributed by atoms with E-state index in [1.165, 1.54) is 94.2 Å². The molecule has 0 spiro atoms. The molecule has 0 fully saturated rings. The normalized spacial score (nSPS) is 14.0. The quantitative estimate of drug-likeness (QED) is 0.154. The van der Waals surface area contributed by atoms with Crippen LogP contribution in [-0.2, 0) is 16.2 Å². The van der Waals surface area contributed by atoms with E-state index < -0.39 is 5.41 Å². The molecule has 0 aromatic heterocycles. The summed E-state index contributed by atoms with van der Waals surface area (Å²) >= 11 is 0. The fourth-order valence-corrected chi connectivity index (χ4v) is 11.6. The maximum atomic E-state index is 2.52. The van der Waals surface area contributed by atoms with Crippen molar-refractivity contribution in [1.82, 2.24) is 0 Å². The van der Waals surface area contributed by atoms with Crippen LogP contribution in [0.1, 0.15) is 73.6 Å². The number of nitrogens with zero attached hydrogens (tertiary/aromatic N) is 1. The highest BCUT2D eigenvalue weighted by Crippen LogP contribution is 2.58. The third-order valence-corrected chi connectivity index (χ3v) is 14.9. The van der Waals surface area contributed by atoms with Gasteiger partial charge in [0.05, 0.1) is 11.1 Å². The predicted molar refractivity (Wildman–Crippen MR) is 283 cm³/mol. The molecule has 2 aliphatic carbocycles. The van der Waals surface area contributed by atoms with E-state index in [4.69, 9.17) is 0 Å². The van der Waals surface area contributed by atoms with Crippen LogP contribution >= 0.6 is 0 Å². The molecule has 0 radical (unpaired) electrons. The van der Waals surface area contributed by atoms with E-state index in [9.17, 15) is 0 Å². The zero-order valence-electron chi connectivity index (χ0n) is 38.9. The van der Waals surface area contributed by atoms with E-state index in [1.807, 2.05) is 0 Å². The van der Waals surface area contributed by atoms with Crippen LogP contribution in [0.25, 0.3) is 55.3 Å². The number of rotatable bonds is 7. The summed E-state index contributed by atoms with van der Waals surface area (Å²) in [6, 6.07) is 86.4. The maximum Gasteiger partial charge on any atom is 0.0714 e. The molecule has 0 bridgehead atoms. The number of fused-ring (bicyclic) bond motifs is 7. The minimum Gasteiger partial charge on any atom is -0.310 e. The lowest BCUT2D eigenvalue weighted by molar-refractivity contribution is 0.584. The second-order valence-corrected chi connectivity index (χ2v) is 20.1. The van der Waals surface area contributed by atoms with Crippen molar-refractivity contribution in [1.29, 1.82) is 0 Å². The standard InChI is InChI=1S/C66H53N/c1-64(2,3)50-36-38-57-60(42-50)65(4,5)59-32-19-30-56(63(57)59)55-29-15-17-33-62(55)67(51-27-18-22-46(41-51)47-35-34-44-20-12-13-21-45(44)40-47)52-37-39-54-53-28-14-16-31-58(53)66(61(54)43-52,48-23-8-6-9-24-48)49-25-10-7-11-26-49/h6-43H,1-5H3. The van der Waals surface area contributed by atoms with Crippen LogP contribution in [0.4, 0.5) is 17.1 Å². The third kappa shape index (κ3) is 6.36. The Kier molecular flexibility index (Phi) is 9.38. The molecule has 0 amide bonds. The van der Waals surface area contributed by atoms with Crippen LogP contribution in [0.15, 0.2) is 231 Å². The van der Waals surface area contributed by atoms with E-state index in [1.54, 1.807) is 0 Å². The zero-order chi connectivity index (χ0) is 45.5. The van der Waals surface area contributed by atoms with Crippen LogP contribution in [0.5, 0.6) is 0 Å². The van der Waals surface area contributed by atoms with Gasteiger partial charge < -0.3 is 4.90 Å². The van der Waals surface area contributed by atoms with Crippen molar-refractivity contribution >= 4 is 27.8 Å². The first kappa shape index (κ1) is 40.7. The summed E-state index contributed by atoms with van der Waals surface area (Å²) in [7, 11) is 0. The molecule has 1 nitrogen and oxygen atoms in total. The number of anilines is 3. The molecule has 0 saturated heterocycles. The van der Waals surface area contributed by atoms with Crippen molar-refractivity contribution in [2.45, 2.75) is 50.9 Å². The van der Waals surface area contributed by atoms with Gasteiger partial charge in [-0.3, -0.25) is 0 Å². The van der Waals surface area contributed by atoms with Crippen LogP contribution < -0.4 is 4.90 Å². The molecule has 10 aromatic carbocycles. The third-order valence-electron chi connectivity index (χ3n) is 14.9. The molecular weight excluding hydrogens is 807 g/mol. The highest BCUT2D eigenvalue weighted by molar-refractivity contribution is 5.99. The van der Waals surface area contributed by atoms with Crippen molar-refractivity contribution in [3.63, 3.8) is 0 Å². The van der Waals surface area contributed by atoms with Crippen molar-refractivity contribution in [3.8, 4) is 44.5 Å². The molecule has 0 unspecified atom stereocenters. The number of benzene rings is 10. The fourth-order valence-electron chi connectivity index (χ4n) is 11.6. The average Bonchev–Trinajstić information content (AvgIpc) is 3.79. The van der Waals surface area contributed by atoms with E-state index in [-0.39, 0.29) is 10.8 Å². The first-order chi connectivity index (χ1) is 32.6. The number of hydrogen-bond acceptors (Lipinski definition) is 1.